The fourth-order valence-electron chi connectivity index (χ4n) is 3.76. The number of carbonyl (C=O) groups excluding carboxylic acids is 1. The maximum Gasteiger partial charge on any atom is 0.331 e. The van der Waals surface area contributed by atoms with Gasteiger partial charge in [0.25, 0.3) is 0 Å². The number of ether oxygens (including phenoxy) is 1. The van der Waals surface area contributed by atoms with Gasteiger partial charge in [-0.1, -0.05) is 23.2 Å². The number of amides is 1. The molecule has 0 bridgehead atoms. The van der Waals surface area contributed by atoms with E-state index in [1.165, 1.54) is 6.07 Å². The second-order valence-corrected chi connectivity index (χ2v) is 12.0. The van der Waals surface area contributed by atoms with Gasteiger partial charge in [0.05, 0.1) is 55.4 Å². The lowest BCUT2D eigenvalue weighted by Gasteiger charge is -2.28. The highest BCUT2D eigenvalue weighted by Gasteiger charge is 2.42. The van der Waals surface area contributed by atoms with Crippen molar-refractivity contribution in [2.45, 2.75) is 62.1 Å². The molecule has 1 aliphatic heterocycles. The van der Waals surface area contributed by atoms with Crippen molar-refractivity contribution < 1.29 is 53.8 Å². The third-order valence-corrected chi connectivity index (χ3v) is 7.85. The van der Waals surface area contributed by atoms with Gasteiger partial charge < -0.3 is 50.3 Å². The first-order chi connectivity index (χ1) is 17.7. The molecule has 2 unspecified atom stereocenters. The quantitative estimate of drug-likeness (QED) is 0.0992. The first-order valence-corrected chi connectivity index (χ1v) is 14.2. The largest absolute Gasteiger partial charge is 0.492 e. The average molecular weight is 603 g/mol. The maximum atomic E-state index is 12.5. The van der Waals surface area contributed by atoms with Crippen LogP contribution < -0.4 is 15.4 Å². The van der Waals surface area contributed by atoms with Crippen LogP contribution in [0.1, 0.15) is 26.2 Å². The summed E-state index contributed by atoms with van der Waals surface area (Å²) in [7, 11) is -4.54. The molecule has 1 aromatic carbocycles. The van der Waals surface area contributed by atoms with Crippen molar-refractivity contribution >= 4 is 42.7 Å². The monoisotopic (exact) mass is 602 g/mol. The molecule has 8 N–H and O–H groups in total. The van der Waals surface area contributed by atoms with Crippen LogP contribution in [0.5, 0.6) is 5.75 Å². The summed E-state index contributed by atoms with van der Waals surface area (Å²) < 4.78 is 22.9. The molecule has 1 amide bonds. The Kier molecular flexibility index (Phi) is 12.2. The molecule has 16 heteroatoms. The summed E-state index contributed by atoms with van der Waals surface area (Å²) in [5.74, 6) is -1.82. The molecular formula is C22H33Cl2N2O11P. The van der Waals surface area contributed by atoms with Gasteiger partial charge in [0, 0.05) is 17.5 Å². The standard InChI is InChI=1S/C22H33Cl2N2O11P/c1-22(21(32)33,26-18(29)3-2-6-36-17-5-4-12(23)7-14(17)24)11-37-38(34,35)10-13(28)8-15-19(30)20(31)16(9-27)25-15/h4-5,7,13,15-16,19-20,25,27-28,30-31H,2-3,6,8-11H2,1H3,(H,26,29)(H,32,33)(H,34,35)/t13-,15-,16-,19-,20-,22?/m1/s1. The number of hydrogen-bond acceptors (Lipinski definition) is 10. The van der Waals surface area contributed by atoms with Crippen molar-refractivity contribution in [2.75, 3.05) is 26.0 Å². The van der Waals surface area contributed by atoms with Gasteiger partial charge in [-0.25, -0.2) is 4.79 Å². The second-order valence-electron chi connectivity index (χ2n) is 9.24. The summed E-state index contributed by atoms with van der Waals surface area (Å²) in [5, 5.41) is 54.5. The number of carboxylic acids is 1. The number of aliphatic hydroxyl groups is 4. The Morgan fingerprint density at radius 3 is 2.47 bits per heavy atom. The van der Waals surface area contributed by atoms with Crippen molar-refractivity contribution in [1.82, 2.24) is 10.6 Å². The van der Waals surface area contributed by atoms with Gasteiger partial charge in [0.1, 0.15) is 5.75 Å². The number of aliphatic hydroxyl groups excluding tert-OH is 4. The Morgan fingerprint density at radius 1 is 1.24 bits per heavy atom. The molecule has 2 rings (SSSR count). The molecule has 0 spiro atoms. The minimum atomic E-state index is -4.54. The van der Waals surface area contributed by atoms with Crippen molar-refractivity contribution in [1.29, 1.82) is 0 Å². The van der Waals surface area contributed by atoms with Crippen LogP contribution in [0.3, 0.4) is 0 Å². The van der Waals surface area contributed by atoms with Crippen LogP contribution in [0.25, 0.3) is 0 Å². The molecule has 13 nitrogen and oxygen atoms in total. The van der Waals surface area contributed by atoms with Crippen LogP contribution in [-0.4, -0.2) is 104 Å². The molecule has 0 radical (unpaired) electrons. The van der Waals surface area contributed by atoms with E-state index in [0.29, 0.717) is 15.8 Å². The number of hydrogen-bond donors (Lipinski definition) is 8. The summed E-state index contributed by atoms with van der Waals surface area (Å²) in [6, 6.07) is 2.96. The van der Waals surface area contributed by atoms with E-state index in [-0.39, 0.29) is 25.9 Å². The number of carboxylic acid groups (broad SMARTS) is 1. The number of aliphatic carboxylic acids is 1. The minimum absolute atomic E-state index is 0.0966. The molecule has 1 aliphatic rings. The van der Waals surface area contributed by atoms with E-state index in [1.807, 2.05) is 0 Å². The number of carbonyl (C=O) groups is 2. The zero-order valence-corrected chi connectivity index (χ0v) is 22.9. The normalized spacial score (nSPS) is 25.3. The highest BCUT2D eigenvalue weighted by atomic mass is 35.5. The lowest BCUT2D eigenvalue weighted by atomic mass is 10.0. The summed E-state index contributed by atoms with van der Waals surface area (Å²) in [6.45, 7) is -0.140. The Bertz CT molecular complexity index is 1020. The van der Waals surface area contributed by atoms with E-state index in [1.54, 1.807) is 12.1 Å². The minimum Gasteiger partial charge on any atom is -0.492 e. The molecule has 216 valence electrons. The zero-order chi connectivity index (χ0) is 28.7. The van der Waals surface area contributed by atoms with Gasteiger partial charge in [-0.2, -0.15) is 0 Å². The molecule has 0 aromatic heterocycles. The van der Waals surface area contributed by atoms with Gasteiger partial charge in [-0.15, -0.1) is 0 Å². The number of halogens is 2. The van der Waals surface area contributed by atoms with Crippen molar-refractivity contribution in [3.63, 3.8) is 0 Å². The Morgan fingerprint density at radius 2 is 1.89 bits per heavy atom. The third kappa shape index (κ3) is 9.60. The van der Waals surface area contributed by atoms with E-state index in [2.05, 4.69) is 10.6 Å². The molecule has 1 saturated heterocycles. The zero-order valence-electron chi connectivity index (χ0n) is 20.5. The van der Waals surface area contributed by atoms with Crippen molar-refractivity contribution in [3.8, 4) is 5.75 Å². The Hall–Kier alpha value is -1.51. The van der Waals surface area contributed by atoms with Crippen molar-refractivity contribution in [3.05, 3.63) is 28.2 Å². The lowest BCUT2D eigenvalue weighted by Crippen LogP contribution is -2.55. The Labute approximate surface area is 229 Å². The highest BCUT2D eigenvalue weighted by Crippen LogP contribution is 2.44. The van der Waals surface area contributed by atoms with E-state index in [9.17, 15) is 44.6 Å². The fourth-order valence-corrected chi connectivity index (χ4v) is 5.47. The fraction of sp³-hybridized carbons (Fsp3) is 0.636. The maximum absolute atomic E-state index is 12.5. The Balaban J connectivity index is 1.82. The van der Waals surface area contributed by atoms with Crippen LogP contribution in [0.2, 0.25) is 10.0 Å². The number of nitrogens with one attached hydrogen (secondary N) is 2. The molecule has 1 aromatic rings. The average Bonchev–Trinajstić information content (AvgIpc) is 3.09. The first-order valence-electron chi connectivity index (χ1n) is 11.7. The van der Waals surface area contributed by atoms with E-state index >= 15 is 0 Å². The summed E-state index contributed by atoms with van der Waals surface area (Å²) in [5.41, 5.74) is -2.05. The third-order valence-electron chi connectivity index (χ3n) is 5.91. The van der Waals surface area contributed by atoms with Crippen LogP contribution >= 0.6 is 30.8 Å². The van der Waals surface area contributed by atoms with Gasteiger partial charge in [-0.05, 0) is 38.0 Å². The molecular weight excluding hydrogens is 570 g/mol. The van der Waals surface area contributed by atoms with Gasteiger partial charge in [0.2, 0.25) is 5.91 Å². The first kappa shape index (κ1) is 32.7. The van der Waals surface area contributed by atoms with Gasteiger partial charge >= 0.3 is 13.6 Å². The van der Waals surface area contributed by atoms with Crippen LogP contribution in [0, 0.1) is 0 Å². The number of benzene rings is 1. The SMILES string of the molecule is CC(COP(=O)(O)C[C@H](O)C[C@H]1N[C@H](CO)[C@@H](O)[C@@H]1O)(NC(=O)CCCOc1ccc(Cl)cc1Cl)C(=O)O. The summed E-state index contributed by atoms with van der Waals surface area (Å²) in [4.78, 5) is 34.2. The molecule has 0 aliphatic carbocycles. The predicted octanol–water partition coefficient (Wildman–Crippen LogP) is 0.119. The molecule has 7 atom stereocenters. The molecule has 1 fully saturated rings. The molecule has 1 heterocycles. The summed E-state index contributed by atoms with van der Waals surface area (Å²) in [6.07, 6.45) is -5.04. The van der Waals surface area contributed by atoms with Gasteiger partial charge in [-0.3, -0.25) is 9.36 Å². The topological polar surface area (TPSA) is 215 Å². The predicted molar refractivity (Wildman–Crippen MR) is 136 cm³/mol. The lowest BCUT2D eigenvalue weighted by molar-refractivity contribution is -0.148. The van der Waals surface area contributed by atoms with Crippen LogP contribution in [0.4, 0.5) is 0 Å². The van der Waals surface area contributed by atoms with E-state index < -0.39 is 74.8 Å². The summed E-state index contributed by atoms with van der Waals surface area (Å²) >= 11 is 11.8. The second kappa shape index (κ2) is 14.2. The van der Waals surface area contributed by atoms with Crippen LogP contribution in [-0.2, 0) is 18.7 Å². The van der Waals surface area contributed by atoms with E-state index in [4.69, 9.17) is 32.5 Å². The van der Waals surface area contributed by atoms with E-state index in [0.717, 1.165) is 6.92 Å². The number of rotatable bonds is 15. The van der Waals surface area contributed by atoms with Crippen LogP contribution in [0.15, 0.2) is 18.2 Å². The van der Waals surface area contributed by atoms with Crippen molar-refractivity contribution in [2.24, 2.45) is 0 Å². The smallest absolute Gasteiger partial charge is 0.331 e. The molecule has 38 heavy (non-hydrogen) atoms. The van der Waals surface area contributed by atoms with Gasteiger partial charge in [0.15, 0.2) is 5.54 Å². The molecule has 0 saturated carbocycles. The highest BCUT2D eigenvalue weighted by molar-refractivity contribution is 7.52.